The van der Waals surface area contributed by atoms with Crippen molar-refractivity contribution in [3.63, 3.8) is 0 Å². The summed E-state index contributed by atoms with van der Waals surface area (Å²) in [5.41, 5.74) is 2.23. The molecule has 0 bridgehead atoms. The molecule has 3 aliphatic heterocycles. The molecule has 3 saturated heterocycles. The predicted octanol–water partition coefficient (Wildman–Crippen LogP) is 0.986. The molecule has 13 heteroatoms. The highest BCUT2D eigenvalue weighted by atomic mass is 16.3. The number of carbonyl (C=O) groups is 6. The van der Waals surface area contributed by atoms with E-state index >= 15 is 0 Å². The third-order valence-electron chi connectivity index (χ3n) is 9.92. The molecule has 52 heavy (non-hydrogen) atoms. The van der Waals surface area contributed by atoms with Crippen molar-refractivity contribution in [3.05, 3.63) is 102 Å². The van der Waals surface area contributed by atoms with Gasteiger partial charge in [-0.3, -0.25) is 28.8 Å². The number of phenolic OH excluding ortho intramolecular Hbond substituents is 1. The van der Waals surface area contributed by atoms with Gasteiger partial charge in [-0.05, 0) is 54.5 Å². The van der Waals surface area contributed by atoms with E-state index in [1.807, 2.05) is 60.7 Å². The molecule has 3 fully saturated rings. The van der Waals surface area contributed by atoms with Crippen LogP contribution in [0, 0.1) is 0 Å². The molecule has 0 aliphatic carbocycles. The average molecular weight is 709 g/mol. The first-order valence-electron chi connectivity index (χ1n) is 17.8. The maximum atomic E-state index is 14.2. The standard InChI is InChI=1S/C39H44N6O7/c46-28-17-15-27(16-18-28)23-31-39(52)44-19-7-13-32(44)36(49)40-24-34(47)41-30(22-26-11-5-2-6-12-26)38(51)45-20-8-14-33(45)37(50)42-29(35(48)43-31)21-25-9-3-1-4-10-25/h1-6,9-12,15-18,29-33,46H,7-8,13-14,19-24H2,(H,40,49)(H,41,47)(H,42,50)(H,43,48)/t29-,30-,31-,32-,33-/m0/s1. The lowest BCUT2D eigenvalue weighted by Gasteiger charge is -2.32. The Morgan fingerprint density at radius 2 is 1.00 bits per heavy atom. The molecule has 0 saturated carbocycles. The first kappa shape index (κ1) is 36.1. The second kappa shape index (κ2) is 16.5. The number of rotatable bonds is 6. The normalized spacial score (nSPS) is 24.9. The average Bonchev–Trinajstić information content (AvgIpc) is 3.85. The van der Waals surface area contributed by atoms with Crippen LogP contribution in [0.1, 0.15) is 42.4 Å². The molecule has 272 valence electrons. The Balaban J connectivity index is 1.34. The summed E-state index contributed by atoms with van der Waals surface area (Å²) < 4.78 is 0. The highest BCUT2D eigenvalue weighted by Gasteiger charge is 2.41. The van der Waals surface area contributed by atoms with Crippen molar-refractivity contribution in [2.24, 2.45) is 0 Å². The van der Waals surface area contributed by atoms with E-state index in [9.17, 15) is 33.9 Å². The fraction of sp³-hybridized carbons (Fsp3) is 0.385. The Hall–Kier alpha value is -5.72. The zero-order chi connectivity index (χ0) is 36.6. The van der Waals surface area contributed by atoms with Gasteiger partial charge in [0.1, 0.15) is 36.0 Å². The van der Waals surface area contributed by atoms with Gasteiger partial charge in [0.25, 0.3) is 0 Å². The summed E-state index contributed by atoms with van der Waals surface area (Å²) in [5, 5.41) is 21.0. The first-order valence-corrected chi connectivity index (χ1v) is 17.8. The molecule has 0 radical (unpaired) electrons. The Morgan fingerprint density at radius 3 is 1.56 bits per heavy atom. The van der Waals surface area contributed by atoms with Gasteiger partial charge in [-0.25, -0.2) is 0 Å². The summed E-state index contributed by atoms with van der Waals surface area (Å²) in [6.45, 7) is 0.125. The molecule has 5 N–H and O–H groups in total. The van der Waals surface area contributed by atoms with Crippen LogP contribution in [-0.2, 0) is 48.0 Å². The van der Waals surface area contributed by atoms with E-state index in [0.29, 0.717) is 31.2 Å². The predicted molar refractivity (Wildman–Crippen MR) is 190 cm³/mol. The maximum absolute atomic E-state index is 14.2. The molecule has 0 aromatic heterocycles. The minimum absolute atomic E-state index is 0.0422. The third kappa shape index (κ3) is 8.76. The van der Waals surface area contributed by atoms with E-state index in [0.717, 1.165) is 11.1 Å². The van der Waals surface area contributed by atoms with Gasteiger partial charge in [-0.2, -0.15) is 0 Å². The van der Waals surface area contributed by atoms with Gasteiger partial charge in [0.15, 0.2) is 0 Å². The Morgan fingerprint density at radius 1 is 0.538 bits per heavy atom. The van der Waals surface area contributed by atoms with Crippen LogP contribution in [0.15, 0.2) is 84.9 Å². The van der Waals surface area contributed by atoms with Gasteiger partial charge in [-0.1, -0.05) is 72.8 Å². The van der Waals surface area contributed by atoms with Gasteiger partial charge in [0.2, 0.25) is 35.4 Å². The van der Waals surface area contributed by atoms with Crippen LogP contribution in [-0.4, -0.2) is 100 Å². The van der Waals surface area contributed by atoms with Crippen molar-refractivity contribution >= 4 is 35.4 Å². The molecular weight excluding hydrogens is 664 g/mol. The Labute approximate surface area is 302 Å². The van der Waals surface area contributed by atoms with Crippen molar-refractivity contribution in [2.45, 2.75) is 75.2 Å². The maximum Gasteiger partial charge on any atom is 0.246 e. The number of benzene rings is 3. The Bertz CT molecular complexity index is 1770. The van der Waals surface area contributed by atoms with Crippen molar-refractivity contribution < 1.29 is 33.9 Å². The minimum atomic E-state index is -1.12. The molecule has 0 spiro atoms. The quantitative estimate of drug-likeness (QED) is 0.254. The number of nitrogens with zero attached hydrogens (tertiary/aromatic N) is 2. The smallest absolute Gasteiger partial charge is 0.246 e. The fourth-order valence-electron chi connectivity index (χ4n) is 7.25. The van der Waals surface area contributed by atoms with Crippen molar-refractivity contribution in [2.75, 3.05) is 19.6 Å². The number of fused-ring (bicyclic) bond motifs is 2. The zero-order valence-electron chi connectivity index (χ0n) is 28.8. The summed E-state index contributed by atoms with van der Waals surface area (Å²) in [6, 6.07) is 19.6. The number of phenols is 1. The van der Waals surface area contributed by atoms with Crippen LogP contribution in [0.5, 0.6) is 5.75 Å². The lowest BCUT2D eigenvalue weighted by Crippen LogP contribution is -2.60. The highest BCUT2D eigenvalue weighted by molar-refractivity contribution is 5.98. The van der Waals surface area contributed by atoms with Crippen LogP contribution < -0.4 is 21.3 Å². The fourth-order valence-corrected chi connectivity index (χ4v) is 7.25. The second-order valence-electron chi connectivity index (χ2n) is 13.6. The summed E-state index contributed by atoms with van der Waals surface area (Å²) >= 11 is 0. The van der Waals surface area contributed by atoms with Gasteiger partial charge in [-0.15, -0.1) is 0 Å². The van der Waals surface area contributed by atoms with Gasteiger partial charge >= 0.3 is 0 Å². The number of hydrogen-bond donors (Lipinski definition) is 5. The molecule has 0 unspecified atom stereocenters. The van der Waals surface area contributed by atoms with E-state index in [1.165, 1.54) is 21.9 Å². The molecule has 3 aromatic carbocycles. The molecule has 13 nitrogen and oxygen atoms in total. The van der Waals surface area contributed by atoms with Crippen LogP contribution in [0.4, 0.5) is 0 Å². The first-order chi connectivity index (χ1) is 25.2. The molecule has 6 rings (SSSR count). The van der Waals surface area contributed by atoms with Crippen molar-refractivity contribution in [3.8, 4) is 5.75 Å². The number of carbonyl (C=O) groups excluding carboxylic acids is 6. The number of nitrogens with one attached hydrogen (secondary N) is 4. The SMILES string of the molecule is O=C1CNC(=O)[C@@H]2CCCN2C(=O)[C@H](Cc2ccc(O)cc2)NC(=O)[C@H](Cc2ccccc2)NC(=O)[C@@H]2CCCN2C(=O)[C@H](Cc2ccccc2)N1. The van der Waals surface area contributed by atoms with E-state index in [4.69, 9.17) is 0 Å². The molecule has 3 heterocycles. The van der Waals surface area contributed by atoms with Crippen molar-refractivity contribution in [1.82, 2.24) is 31.1 Å². The zero-order valence-corrected chi connectivity index (χ0v) is 28.8. The summed E-state index contributed by atoms with van der Waals surface area (Å²) in [5.74, 6) is -3.09. The largest absolute Gasteiger partial charge is 0.508 e. The summed E-state index contributed by atoms with van der Waals surface area (Å²) in [4.78, 5) is 86.3. The topological polar surface area (TPSA) is 177 Å². The van der Waals surface area contributed by atoms with Crippen LogP contribution in [0.2, 0.25) is 0 Å². The molecule has 6 amide bonds. The van der Waals surface area contributed by atoms with E-state index in [2.05, 4.69) is 21.3 Å². The van der Waals surface area contributed by atoms with E-state index in [1.54, 1.807) is 12.1 Å². The highest BCUT2D eigenvalue weighted by Crippen LogP contribution is 2.23. The lowest BCUT2D eigenvalue weighted by atomic mass is 10.0. The van der Waals surface area contributed by atoms with Gasteiger partial charge < -0.3 is 36.2 Å². The van der Waals surface area contributed by atoms with Gasteiger partial charge in [0.05, 0.1) is 6.54 Å². The lowest BCUT2D eigenvalue weighted by molar-refractivity contribution is -0.143. The number of aromatic hydroxyl groups is 1. The van der Waals surface area contributed by atoms with Crippen molar-refractivity contribution in [1.29, 1.82) is 0 Å². The summed E-state index contributed by atoms with van der Waals surface area (Å²) in [6.07, 6.45) is 2.12. The van der Waals surface area contributed by atoms with Gasteiger partial charge in [0, 0.05) is 32.4 Å². The number of amides is 6. The van der Waals surface area contributed by atoms with E-state index in [-0.39, 0.29) is 38.1 Å². The molecule has 3 aromatic rings. The summed E-state index contributed by atoms with van der Waals surface area (Å²) in [7, 11) is 0. The second-order valence-corrected chi connectivity index (χ2v) is 13.6. The number of hydrogen-bond acceptors (Lipinski definition) is 7. The monoisotopic (exact) mass is 708 g/mol. The molecule has 5 atom stereocenters. The molecular formula is C39H44N6O7. The third-order valence-corrected chi connectivity index (χ3v) is 9.92. The molecule has 3 aliphatic rings. The van der Waals surface area contributed by atoms with Crippen LogP contribution >= 0.6 is 0 Å². The minimum Gasteiger partial charge on any atom is -0.508 e. The van der Waals surface area contributed by atoms with E-state index < -0.39 is 72.2 Å². The van der Waals surface area contributed by atoms with Crippen LogP contribution in [0.3, 0.4) is 0 Å². The van der Waals surface area contributed by atoms with Crippen LogP contribution in [0.25, 0.3) is 0 Å². The Kier molecular flexibility index (Phi) is 11.5.